The van der Waals surface area contributed by atoms with E-state index in [2.05, 4.69) is 22.0 Å². The maximum absolute atomic E-state index is 12.4. The minimum absolute atomic E-state index is 0.0361. The van der Waals surface area contributed by atoms with Crippen LogP contribution in [-0.2, 0) is 4.79 Å². The summed E-state index contributed by atoms with van der Waals surface area (Å²) >= 11 is 0. The maximum atomic E-state index is 12.4. The van der Waals surface area contributed by atoms with Gasteiger partial charge < -0.3 is 9.80 Å². The summed E-state index contributed by atoms with van der Waals surface area (Å²) in [6.07, 6.45) is 7.51. The van der Waals surface area contributed by atoms with Gasteiger partial charge in [-0.2, -0.15) is 5.10 Å². The SMILES string of the molecule is CC[C@@H]1C(=O)N(C)c2cn[nH]c2N1C1CCCC1. The average Bonchev–Trinajstić information content (AvgIpc) is 3.03. The Bertz CT molecular complexity index is 450. The van der Waals surface area contributed by atoms with Crippen LogP contribution in [0.25, 0.3) is 0 Å². The third-order valence-corrected chi connectivity index (χ3v) is 4.28. The van der Waals surface area contributed by atoms with Crippen LogP contribution in [0.15, 0.2) is 6.20 Å². The first-order valence-corrected chi connectivity index (χ1v) is 6.83. The zero-order valence-electron chi connectivity index (χ0n) is 11.0. The van der Waals surface area contributed by atoms with Crippen LogP contribution >= 0.6 is 0 Å². The second-order valence-corrected chi connectivity index (χ2v) is 5.27. The molecule has 0 spiro atoms. The summed E-state index contributed by atoms with van der Waals surface area (Å²) in [6.45, 7) is 2.08. The molecule has 0 saturated heterocycles. The molecule has 1 N–H and O–H groups in total. The molecular weight excluding hydrogens is 228 g/mol. The lowest BCUT2D eigenvalue weighted by Gasteiger charge is -2.42. The van der Waals surface area contributed by atoms with Gasteiger partial charge in [-0.05, 0) is 19.3 Å². The molecule has 0 aromatic carbocycles. The Balaban J connectivity index is 2.03. The second-order valence-electron chi connectivity index (χ2n) is 5.27. The van der Waals surface area contributed by atoms with Crippen LogP contribution in [0.2, 0.25) is 0 Å². The minimum atomic E-state index is -0.0361. The van der Waals surface area contributed by atoms with E-state index in [0.717, 1.165) is 17.9 Å². The van der Waals surface area contributed by atoms with Crippen molar-refractivity contribution < 1.29 is 4.79 Å². The molecule has 2 aliphatic rings. The van der Waals surface area contributed by atoms with Crippen molar-refractivity contribution in [1.82, 2.24) is 10.2 Å². The molecule has 98 valence electrons. The Labute approximate surface area is 107 Å². The minimum Gasteiger partial charge on any atom is -0.340 e. The van der Waals surface area contributed by atoms with Gasteiger partial charge in [0.25, 0.3) is 0 Å². The molecule has 2 heterocycles. The molecule has 1 atom stereocenters. The Kier molecular flexibility index (Phi) is 2.76. The first-order valence-electron chi connectivity index (χ1n) is 6.83. The molecule has 18 heavy (non-hydrogen) atoms. The molecule has 0 radical (unpaired) electrons. The number of anilines is 2. The number of amides is 1. The predicted molar refractivity (Wildman–Crippen MR) is 70.8 cm³/mol. The molecule has 1 fully saturated rings. The second kappa shape index (κ2) is 4.30. The fourth-order valence-electron chi connectivity index (χ4n) is 3.32. The van der Waals surface area contributed by atoms with Gasteiger partial charge in [0.15, 0.2) is 0 Å². The molecule has 1 aliphatic heterocycles. The smallest absolute Gasteiger partial charge is 0.249 e. The van der Waals surface area contributed by atoms with Gasteiger partial charge in [-0.3, -0.25) is 9.89 Å². The molecule has 1 amide bonds. The van der Waals surface area contributed by atoms with Crippen LogP contribution in [0.4, 0.5) is 11.5 Å². The Morgan fingerprint density at radius 3 is 2.83 bits per heavy atom. The van der Waals surface area contributed by atoms with E-state index in [1.807, 2.05) is 7.05 Å². The Morgan fingerprint density at radius 2 is 2.17 bits per heavy atom. The van der Waals surface area contributed by atoms with E-state index in [-0.39, 0.29) is 11.9 Å². The van der Waals surface area contributed by atoms with E-state index in [0.29, 0.717) is 6.04 Å². The maximum Gasteiger partial charge on any atom is 0.249 e. The van der Waals surface area contributed by atoms with Gasteiger partial charge in [0.2, 0.25) is 5.91 Å². The van der Waals surface area contributed by atoms with Crippen molar-refractivity contribution in [2.24, 2.45) is 0 Å². The van der Waals surface area contributed by atoms with E-state index < -0.39 is 0 Å². The summed E-state index contributed by atoms with van der Waals surface area (Å²) in [5.41, 5.74) is 0.914. The standard InChI is InChI=1S/C13H20N4O/c1-3-10-13(18)16(2)11-8-14-15-12(11)17(10)9-6-4-5-7-9/h8-10H,3-7H2,1-2H3,(H,14,15)/t10-/m1/s1. The van der Waals surface area contributed by atoms with E-state index >= 15 is 0 Å². The number of H-pyrrole nitrogens is 1. The van der Waals surface area contributed by atoms with E-state index in [9.17, 15) is 4.79 Å². The van der Waals surface area contributed by atoms with Crippen LogP contribution in [0.3, 0.4) is 0 Å². The van der Waals surface area contributed by atoms with Gasteiger partial charge >= 0.3 is 0 Å². The van der Waals surface area contributed by atoms with Crippen molar-refractivity contribution in [1.29, 1.82) is 0 Å². The highest BCUT2D eigenvalue weighted by Crippen LogP contribution is 2.39. The van der Waals surface area contributed by atoms with E-state index in [1.165, 1.54) is 25.7 Å². The van der Waals surface area contributed by atoms with Crippen LogP contribution in [-0.4, -0.2) is 35.2 Å². The topological polar surface area (TPSA) is 52.2 Å². The zero-order chi connectivity index (χ0) is 12.7. The number of nitrogens with one attached hydrogen (secondary N) is 1. The first-order chi connectivity index (χ1) is 8.74. The molecular formula is C13H20N4O. The summed E-state index contributed by atoms with van der Waals surface area (Å²) < 4.78 is 0. The summed E-state index contributed by atoms with van der Waals surface area (Å²) in [5.74, 6) is 1.22. The fraction of sp³-hybridized carbons (Fsp3) is 0.692. The average molecular weight is 248 g/mol. The number of aromatic amines is 1. The van der Waals surface area contributed by atoms with E-state index in [4.69, 9.17) is 0 Å². The summed E-state index contributed by atoms with van der Waals surface area (Å²) in [7, 11) is 1.84. The molecule has 1 aromatic rings. The molecule has 1 aromatic heterocycles. The lowest BCUT2D eigenvalue weighted by atomic mass is 10.0. The third-order valence-electron chi connectivity index (χ3n) is 4.28. The summed E-state index contributed by atoms with van der Waals surface area (Å²) in [6, 6.07) is 0.456. The van der Waals surface area contributed by atoms with Crippen molar-refractivity contribution in [2.75, 3.05) is 16.8 Å². The zero-order valence-corrected chi connectivity index (χ0v) is 11.0. The molecule has 1 aliphatic carbocycles. The van der Waals surface area contributed by atoms with Crippen molar-refractivity contribution in [3.8, 4) is 0 Å². The highest BCUT2D eigenvalue weighted by atomic mass is 16.2. The quantitative estimate of drug-likeness (QED) is 0.870. The van der Waals surface area contributed by atoms with Gasteiger partial charge in [-0.1, -0.05) is 19.8 Å². The molecule has 0 bridgehead atoms. The van der Waals surface area contributed by atoms with Crippen LogP contribution in [0, 0.1) is 0 Å². The monoisotopic (exact) mass is 248 g/mol. The number of carbonyl (C=O) groups is 1. The molecule has 5 nitrogen and oxygen atoms in total. The fourth-order valence-corrected chi connectivity index (χ4v) is 3.32. The van der Waals surface area contributed by atoms with Crippen LogP contribution < -0.4 is 9.80 Å². The third kappa shape index (κ3) is 1.53. The lowest BCUT2D eigenvalue weighted by molar-refractivity contribution is -0.120. The van der Waals surface area contributed by atoms with Gasteiger partial charge in [0, 0.05) is 13.1 Å². The number of hydrogen-bond donors (Lipinski definition) is 1. The highest BCUT2D eigenvalue weighted by molar-refractivity contribution is 6.04. The number of likely N-dealkylation sites (N-methyl/N-ethyl adjacent to an activating group) is 1. The number of rotatable bonds is 2. The largest absolute Gasteiger partial charge is 0.340 e. The first kappa shape index (κ1) is 11.6. The number of fused-ring (bicyclic) bond motifs is 1. The van der Waals surface area contributed by atoms with Crippen molar-refractivity contribution >= 4 is 17.4 Å². The van der Waals surface area contributed by atoms with Crippen LogP contribution in [0.1, 0.15) is 39.0 Å². The van der Waals surface area contributed by atoms with Gasteiger partial charge in [0.1, 0.15) is 17.5 Å². The van der Waals surface area contributed by atoms with Crippen molar-refractivity contribution in [2.45, 2.75) is 51.1 Å². The van der Waals surface area contributed by atoms with Crippen molar-refractivity contribution in [3.63, 3.8) is 0 Å². The van der Waals surface area contributed by atoms with Crippen LogP contribution in [0.5, 0.6) is 0 Å². The summed E-state index contributed by atoms with van der Waals surface area (Å²) in [4.78, 5) is 16.5. The Hall–Kier alpha value is -1.52. The lowest BCUT2D eigenvalue weighted by Crippen LogP contribution is -2.55. The molecule has 1 saturated carbocycles. The van der Waals surface area contributed by atoms with Crippen molar-refractivity contribution in [3.05, 3.63) is 6.20 Å². The highest BCUT2D eigenvalue weighted by Gasteiger charge is 2.40. The number of carbonyl (C=O) groups excluding carboxylic acids is 1. The number of aromatic nitrogens is 2. The van der Waals surface area contributed by atoms with Gasteiger partial charge in [-0.15, -0.1) is 0 Å². The molecule has 5 heteroatoms. The Morgan fingerprint density at radius 1 is 1.44 bits per heavy atom. The number of nitrogens with zero attached hydrogens (tertiary/aromatic N) is 3. The van der Waals surface area contributed by atoms with Gasteiger partial charge in [-0.25, -0.2) is 0 Å². The summed E-state index contributed by atoms with van der Waals surface area (Å²) in [5, 5.41) is 7.20. The molecule has 3 rings (SSSR count). The predicted octanol–water partition coefficient (Wildman–Crippen LogP) is 1.91. The van der Waals surface area contributed by atoms with E-state index in [1.54, 1.807) is 11.1 Å². The number of hydrogen-bond acceptors (Lipinski definition) is 3. The molecule has 0 unspecified atom stereocenters. The van der Waals surface area contributed by atoms with Gasteiger partial charge in [0.05, 0.1) is 6.20 Å². The normalized spacial score (nSPS) is 24.8.